The van der Waals surface area contributed by atoms with Crippen LogP contribution < -0.4 is 5.32 Å². The van der Waals surface area contributed by atoms with E-state index >= 15 is 0 Å². The zero-order valence-corrected chi connectivity index (χ0v) is 10.0. The molecule has 15 heavy (non-hydrogen) atoms. The monoisotopic (exact) mass is 214 g/mol. The smallest absolute Gasteiger partial charge is 0.248 e. The van der Waals surface area contributed by atoms with E-state index in [0.717, 1.165) is 26.1 Å². The summed E-state index contributed by atoms with van der Waals surface area (Å²) in [4.78, 5) is 13.2. The van der Waals surface area contributed by atoms with Crippen molar-refractivity contribution < 1.29 is 9.53 Å². The molecule has 0 unspecified atom stereocenters. The van der Waals surface area contributed by atoms with Crippen molar-refractivity contribution in [2.45, 2.75) is 32.7 Å². The first-order chi connectivity index (χ1) is 6.99. The standard InChI is InChI=1S/C11H22N2O2/c1-11(2,3)12-5-4-6-13-7-8-15-9-10(13)14/h12H,4-9H2,1-3H3. The maximum atomic E-state index is 11.4. The van der Waals surface area contributed by atoms with Gasteiger partial charge in [-0.1, -0.05) is 0 Å². The lowest BCUT2D eigenvalue weighted by molar-refractivity contribution is -0.142. The highest BCUT2D eigenvalue weighted by molar-refractivity contribution is 5.77. The zero-order chi connectivity index (χ0) is 11.3. The first-order valence-electron chi connectivity index (χ1n) is 5.59. The molecule has 0 saturated carbocycles. The van der Waals surface area contributed by atoms with Crippen LogP contribution in [-0.2, 0) is 9.53 Å². The molecule has 0 aromatic rings. The summed E-state index contributed by atoms with van der Waals surface area (Å²) in [6.07, 6.45) is 1.00. The molecule has 0 aliphatic carbocycles. The summed E-state index contributed by atoms with van der Waals surface area (Å²) in [7, 11) is 0. The van der Waals surface area contributed by atoms with Crippen molar-refractivity contribution in [3.05, 3.63) is 0 Å². The van der Waals surface area contributed by atoms with E-state index in [0.29, 0.717) is 6.61 Å². The number of carbonyl (C=O) groups is 1. The molecule has 1 aliphatic heterocycles. The Morgan fingerprint density at radius 2 is 2.20 bits per heavy atom. The van der Waals surface area contributed by atoms with Crippen molar-refractivity contribution in [1.29, 1.82) is 0 Å². The van der Waals surface area contributed by atoms with Gasteiger partial charge >= 0.3 is 0 Å². The quantitative estimate of drug-likeness (QED) is 0.698. The fourth-order valence-corrected chi connectivity index (χ4v) is 1.52. The molecule has 0 atom stereocenters. The Bertz CT molecular complexity index is 211. The highest BCUT2D eigenvalue weighted by Gasteiger charge is 2.17. The molecule has 0 spiro atoms. The minimum absolute atomic E-state index is 0.122. The van der Waals surface area contributed by atoms with Gasteiger partial charge in [-0.05, 0) is 33.7 Å². The number of morpholine rings is 1. The van der Waals surface area contributed by atoms with Crippen molar-refractivity contribution in [3.8, 4) is 0 Å². The number of nitrogens with zero attached hydrogens (tertiary/aromatic N) is 1. The maximum absolute atomic E-state index is 11.4. The van der Waals surface area contributed by atoms with E-state index in [4.69, 9.17) is 4.74 Å². The van der Waals surface area contributed by atoms with Crippen molar-refractivity contribution in [3.63, 3.8) is 0 Å². The molecule has 1 amide bonds. The van der Waals surface area contributed by atoms with Crippen LogP contribution >= 0.6 is 0 Å². The zero-order valence-electron chi connectivity index (χ0n) is 10.0. The molecule has 1 heterocycles. The second kappa shape index (κ2) is 5.47. The maximum Gasteiger partial charge on any atom is 0.248 e. The van der Waals surface area contributed by atoms with E-state index in [1.54, 1.807) is 0 Å². The van der Waals surface area contributed by atoms with Gasteiger partial charge in [0, 0.05) is 18.6 Å². The second-order valence-corrected chi connectivity index (χ2v) is 4.96. The number of hydrogen-bond acceptors (Lipinski definition) is 3. The fraction of sp³-hybridized carbons (Fsp3) is 0.909. The molecule has 1 rings (SSSR count). The Labute approximate surface area is 92.0 Å². The molecule has 0 bridgehead atoms. The summed E-state index contributed by atoms with van der Waals surface area (Å²) in [5.74, 6) is 0.122. The molecule has 1 aliphatic rings. The second-order valence-electron chi connectivity index (χ2n) is 4.96. The molecule has 0 aromatic heterocycles. The molecule has 1 fully saturated rings. The number of hydrogen-bond donors (Lipinski definition) is 1. The Balaban J connectivity index is 2.11. The Kier molecular flexibility index (Phi) is 4.54. The largest absolute Gasteiger partial charge is 0.370 e. The summed E-state index contributed by atoms with van der Waals surface area (Å²) >= 11 is 0. The molecule has 1 N–H and O–H groups in total. The Morgan fingerprint density at radius 1 is 1.47 bits per heavy atom. The van der Waals surface area contributed by atoms with Gasteiger partial charge in [-0.15, -0.1) is 0 Å². The van der Waals surface area contributed by atoms with Crippen LogP contribution in [0.3, 0.4) is 0 Å². The van der Waals surface area contributed by atoms with Gasteiger partial charge < -0.3 is 15.0 Å². The number of amides is 1. The van der Waals surface area contributed by atoms with Crippen LogP contribution in [0, 0.1) is 0 Å². The highest BCUT2D eigenvalue weighted by atomic mass is 16.5. The summed E-state index contributed by atoms with van der Waals surface area (Å²) in [5, 5.41) is 3.41. The van der Waals surface area contributed by atoms with E-state index in [-0.39, 0.29) is 18.1 Å². The van der Waals surface area contributed by atoms with Crippen LogP contribution in [0.25, 0.3) is 0 Å². The summed E-state index contributed by atoms with van der Waals surface area (Å²) < 4.78 is 5.07. The lowest BCUT2D eigenvalue weighted by atomic mass is 10.1. The molecule has 0 aromatic carbocycles. The predicted molar refractivity (Wildman–Crippen MR) is 59.8 cm³/mol. The normalized spacial score (nSPS) is 18.3. The van der Waals surface area contributed by atoms with Crippen molar-refractivity contribution >= 4 is 5.91 Å². The topological polar surface area (TPSA) is 41.6 Å². The van der Waals surface area contributed by atoms with E-state index in [2.05, 4.69) is 26.1 Å². The summed E-state index contributed by atoms with van der Waals surface area (Å²) in [5.41, 5.74) is 0.162. The van der Waals surface area contributed by atoms with Crippen LogP contribution in [0.15, 0.2) is 0 Å². The minimum Gasteiger partial charge on any atom is -0.370 e. The lowest BCUT2D eigenvalue weighted by Crippen LogP contribution is -2.43. The van der Waals surface area contributed by atoms with E-state index in [9.17, 15) is 4.79 Å². The van der Waals surface area contributed by atoms with Crippen molar-refractivity contribution in [2.24, 2.45) is 0 Å². The average molecular weight is 214 g/mol. The molecular formula is C11H22N2O2. The van der Waals surface area contributed by atoms with Gasteiger partial charge in [0.15, 0.2) is 0 Å². The first kappa shape index (κ1) is 12.5. The number of nitrogens with one attached hydrogen (secondary N) is 1. The van der Waals surface area contributed by atoms with Crippen molar-refractivity contribution in [1.82, 2.24) is 10.2 Å². The number of rotatable bonds is 4. The predicted octanol–water partition coefficient (Wildman–Crippen LogP) is 0.623. The average Bonchev–Trinajstić information content (AvgIpc) is 2.13. The highest BCUT2D eigenvalue weighted by Crippen LogP contribution is 2.01. The SMILES string of the molecule is CC(C)(C)NCCCN1CCOCC1=O. The molecule has 0 radical (unpaired) electrons. The van der Waals surface area contributed by atoms with Crippen LogP contribution in [0.4, 0.5) is 0 Å². The third-order valence-electron chi connectivity index (χ3n) is 2.34. The van der Waals surface area contributed by atoms with Crippen LogP contribution in [0.1, 0.15) is 27.2 Å². The van der Waals surface area contributed by atoms with Crippen LogP contribution in [-0.4, -0.2) is 49.2 Å². The first-order valence-corrected chi connectivity index (χ1v) is 5.59. The minimum atomic E-state index is 0.122. The van der Waals surface area contributed by atoms with Gasteiger partial charge in [0.05, 0.1) is 6.61 Å². The van der Waals surface area contributed by atoms with E-state index in [1.165, 1.54) is 0 Å². The fourth-order valence-electron chi connectivity index (χ4n) is 1.52. The Hall–Kier alpha value is -0.610. The Morgan fingerprint density at radius 3 is 2.80 bits per heavy atom. The lowest BCUT2D eigenvalue weighted by Gasteiger charge is -2.27. The molecule has 1 saturated heterocycles. The van der Waals surface area contributed by atoms with Gasteiger partial charge in [0.25, 0.3) is 0 Å². The van der Waals surface area contributed by atoms with Gasteiger partial charge in [-0.3, -0.25) is 4.79 Å². The summed E-state index contributed by atoms with van der Waals surface area (Å²) in [6, 6.07) is 0. The van der Waals surface area contributed by atoms with Gasteiger partial charge in [-0.2, -0.15) is 0 Å². The van der Waals surface area contributed by atoms with Gasteiger partial charge in [0.1, 0.15) is 6.61 Å². The third kappa shape index (κ3) is 5.14. The number of ether oxygens (including phenoxy) is 1. The summed E-state index contributed by atoms with van der Waals surface area (Å²) in [6.45, 7) is 9.91. The van der Waals surface area contributed by atoms with Gasteiger partial charge in [0.2, 0.25) is 5.91 Å². The van der Waals surface area contributed by atoms with Gasteiger partial charge in [-0.25, -0.2) is 0 Å². The van der Waals surface area contributed by atoms with E-state index < -0.39 is 0 Å². The van der Waals surface area contributed by atoms with Crippen LogP contribution in [0.5, 0.6) is 0 Å². The number of carbonyl (C=O) groups excluding carboxylic acids is 1. The third-order valence-corrected chi connectivity index (χ3v) is 2.34. The molecule has 4 heteroatoms. The van der Waals surface area contributed by atoms with Crippen molar-refractivity contribution in [2.75, 3.05) is 32.8 Å². The van der Waals surface area contributed by atoms with E-state index in [1.807, 2.05) is 4.90 Å². The molecular weight excluding hydrogens is 192 g/mol. The molecule has 88 valence electrons. The molecule has 4 nitrogen and oxygen atoms in total. The van der Waals surface area contributed by atoms with Crippen LogP contribution in [0.2, 0.25) is 0 Å².